The molecule has 152 valence electrons. The van der Waals surface area contributed by atoms with E-state index in [1.807, 2.05) is 0 Å². The Bertz CT molecular complexity index is 1260. The first kappa shape index (κ1) is 20.4. The Hall–Kier alpha value is -3.31. The molecule has 0 bridgehead atoms. The van der Waals surface area contributed by atoms with Crippen molar-refractivity contribution in [1.29, 1.82) is 0 Å². The van der Waals surface area contributed by atoms with E-state index in [1.54, 1.807) is 0 Å². The molecule has 1 unspecified atom stereocenters. The first-order valence-corrected chi connectivity index (χ1v) is 9.75. The van der Waals surface area contributed by atoms with E-state index in [4.69, 9.17) is 0 Å². The van der Waals surface area contributed by atoms with Crippen molar-refractivity contribution in [3.63, 3.8) is 0 Å². The van der Waals surface area contributed by atoms with E-state index in [0.717, 1.165) is 12.1 Å². The van der Waals surface area contributed by atoms with Crippen LogP contribution in [0, 0.1) is 10.1 Å². The molecule has 13 heteroatoms. The molecule has 0 saturated heterocycles. The molecule has 0 amide bonds. The number of rotatable bonds is 6. The lowest BCUT2D eigenvalue weighted by atomic mass is 10.1. The molecule has 0 aliphatic heterocycles. The number of aromatic hydroxyl groups is 1. The van der Waals surface area contributed by atoms with Crippen LogP contribution in [0.5, 0.6) is 5.75 Å². The maximum atomic E-state index is 11.9. The molecule has 12 nitrogen and oxygen atoms in total. The Labute approximate surface area is 161 Å². The van der Waals surface area contributed by atoms with Gasteiger partial charge in [0.15, 0.2) is 0 Å². The molecule has 2 aromatic carbocycles. The highest BCUT2D eigenvalue weighted by atomic mass is 31.2. The number of fused-ring (bicyclic) bond motifs is 1. The molecule has 29 heavy (non-hydrogen) atoms. The SMILES string of the molecule is O=c1[nH]c2cc([N+](=O)[O-])cc(CNC(c3cccc(O)c3)P(=O)(O)O)c2[nH]c1=O. The fourth-order valence-electron chi connectivity index (χ4n) is 2.86. The van der Waals surface area contributed by atoms with E-state index in [1.165, 1.54) is 24.3 Å². The van der Waals surface area contributed by atoms with Crippen LogP contribution in [0.2, 0.25) is 0 Å². The smallest absolute Gasteiger partial charge is 0.346 e. The minimum Gasteiger partial charge on any atom is -0.508 e. The van der Waals surface area contributed by atoms with Gasteiger partial charge in [-0.05, 0) is 23.3 Å². The number of non-ortho nitro benzene ring substituents is 1. The lowest BCUT2D eigenvalue weighted by Crippen LogP contribution is -2.29. The number of H-pyrrole nitrogens is 2. The van der Waals surface area contributed by atoms with Crippen LogP contribution < -0.4 is 16.4 Å². The molecule has 0 aliphatic carbocycles. The summed E-state index contributed by atoms with van der Waals surface area (Å²) in [5.41, 5.74) is -2.08. The minimum absolute atomic E-state index is 0.00862. The predicted octanol–water partition coefficient (Wildman–Crippen LogP) is 0.796. The standard InChI is InChI=1S/C16H15N4O8P/c21-11-3-1-2-8(5-11)16(29(26,27)28)17-7-9-4-10(20(24)25)6-12-13(9)19-15(23)14(22)18-12/h1-6,16-17,21H,7H2,(H,18,22)(H,19,23)(H2,26,27,28). The van der Waals surface area contributed by atoms with E-state index >= 15 is 0 Å². The van der Waals surface area contributed by atoms with Crippen LogP contribution in [0.15, 0.2) is 46.0 Å². The van der Waals surface area contributed by atoms with Gasteiger partial charge in [0.2, 0.25) is 0 Å². The van der Waals surface area contributed by atoms with Crippen molar-refractivity contribution in [3.8, 4) is 5.75 Å². The average molecular weight is 422 g/mol. The largest absolute Gasteiger partial charge is 0.508 e. The van der Waals surface area contributed by atoms with Gasteiger partial charge in [0.05, 0.1) is 16.0 Å². The zero-order chi connectivity index (χ0) is 21.3. The van der Waals surface area contributed by atoms with E-state index in [9.17, 15) is 39.2 Å². The monoisotopic (exact) mass is 422 g/mol. The summed E-state index contributed by atoms with van der Waals surface area (Å²) >= 11 is 0. The van der Waals surface area contributed by atoms with Crippen LogP contribution in [0.3, 0.4) is 0 Å². The third-order valence-corrected chi connectivity index (χ3v) is 5.27. The summed E-state index contributed by atoms with van der Waals surface area (Å²) < 4.78 is 11.9. The van der Waals surface area contributed by atoms with E-state index in [0.29, 0.717) is 0 Å². The van der Waals surface area contributed by atoms with Gasteiger partial charge >= 0.3 is 18.7 Å². The summed E-state index contributed by atoms with van der Waals surface area (Å²) in [5.74, 6) is -1.73. The van der Waals surface area contributed by atoms with Crippen molar-refractivity contribution in [2.75, 3.05) is 0 Å². The van der Waals surface area contributed by atoms with Crippen molar-refractivity contribution < 1.29 is 24.4 Å². The number of nitro groups is 1. The summed E-state index contributed by atoms with van der Waals surface area (Å²) in [7, 11) is -4.75. The zero-order valence-electron chi connectivity index (χ0n) is 14.5. The fourth-order valence-corrected chi connectivity index (χ4v) is 3.74. The Morgan fingerprint density at radius 3 is 2.45 bits per heavy atom. The van der Waals surface area contributed by atoms with Gasteiger partial charge in [0.25, 0.3) is 5.69 Å². The van der Waals surface area contributed by atoms with Gasteiger partial charge < -0.3 is 24.9 Å². The Morgan fingerprint density at radius 2 is 1.83 bits per heavy atom. The maximum absolute atomic E-state index is 11.9. The third kappa shape index (κ3) is 4.41. The molecule has 0 spiro atoms. The van der Waals surface area contributed by atoms with Gasteiger partial charge in [-0.2, -0.15) is 0 Å². The number of hydrogen-bond acceptors (Lipinski definition) is 7. The lowest BCUT2D eigenvalue weighted by molar-refractivity contribution is -0.384. The van der Waals surface area contributed by atoms with Crippen molar-refractivity contribution in [2.24, 2.45) is 0 Å². The van der Waals surface area contributed by atoms with Crippen LogP contribution in [0.4, 0.5) is 5.69 Å². The lowest BCUT2D eigenvalue weighted by Gasteiger charge is -2.21. The maximum Gasteiger partial charge on any atom is 0.346 e. The van der Waals surface area contributed by atoms with Gasteiger partial charge in [0, 0.05) is 18.7 Å². The predicted molar refractivity (Wildman–Crippen MR) is 102 cm³/mol. The molecule has 0 saturated carbocycles. The van der Waals surface area contributed by atoms with E-state index in [2.05, 4.69) is 15.3 Å². The van der Waals surface area contributed by atoms with Crippen molar-refractivity contribution >= 4 is 24.3 Å². The highest BCUT2D eigenvalue weighted by Crippen LogP contribution is 2.50. The first-order valence-electron chi connectivity index (χ1n) is 8.07. The molecular weight excluding hydrogens is 407 g/mol. The third-order valence-electron chi connectivity index (χ3n) is 4.12. The van der Waals surface area contributed by atoms with Crippen LogP contribution in [0.25, 0.3) is 11.0 Å². The van der Waals surface area contributed by atoms with Crippen LogP contribution in [0.1, 0.15) is 16.9 Å². The number of phenols is 1. The number of aromatic amines is 2. The number of phenolic OH excluding ortho intramolecular Hbond substituents is 1. The van der Waals surface area contributed by atoms with Crippen molar-refractivity contribution in [2.45, 2.75) is 12.3 Å². The van der Waals surface area contributed by atoms with Gasteiger partial charge in [-0.3, -0.25) is 29.6 Å². The van der Waals surface area contributed by atoms with Gasteiger partial charge in [-0.1, -0.05) is 12.1 Å². The first-order chi connectivity index (χ1) is 13.6. The van der Waals surface area contributed by atoms with E-state index in [-0.39, 0.29) is 40.1 Å². The minimum atomic E-state index is -4.75. The van der Waals surface area contributed by atoms with Gasteiger partial charge in [0.1, 0.15) is 11.5 Å². The van der Waals surface area contributed by atoms with Crippen molar-refractivity contribution in [1.82, 2.24) is 15.3 Å². The summed E-state index contributed by atoms with van der Waals surface area (Å²) in [6.45, 7) is -0.300. The Balaban J connectivity index is 2.07. The molecule has 1 heterocycles. The number of benzene rings is 2. The second-order valence-corrected chi connectivity index (χ2v) is 7.85. The second kappa shape index (κ2) is 7.60. The summed E-state index contributed by atoms with van der Waals surface area (Å²) in [5, 5.41) is 23.4. The summed E-state index contributed by atoms with van der Waals surface area (Å²) in [6.07, 6.45) is 0. The Kier molecular flexibility index (Phi) is 5.36. The quantitative estimate of drug-likeness (QED) is 0.144. The second-order valence-electron chi connectivity index (χ2n) is 6.16. The molecule has 1 aromatic heterocycles. The average Bonchev–Trinajstić information content (AvgIpc) is 2.61. The van der Waals surface area contributed by atoms with Crippen molar-refractivity contribution in [3.05, 3.63) is 78.3 Å². The number of nitro benzene ring substituents is 1. The van der Waals surface area contributed by atoms with Gasteiger partial charge in [-0.25, -0.2) is 0 Å². The molecule has 1 atom stereocenters. The highest BCUT2D eigenvalue weighted by molar-refractivity contribution is 7.52. The molecule has 0 radical (unpaired) electrons. The van der Waals surface area contributed by atoms with Gasteiger partial charge in [-0.15, -0.1) is 0 Å². The summed E-state index contributed by atoms with van der Waals surface area (Å²) in [6, 6.07) is 7.47. The van der Waals surface area contributed by atoms with Crippen LogP contribution in [-0.4, -0.2) is 29.8 Å². The molecule has 0 aliphatic rings. The normalized spacial score (nSPS) is 12.8. The van der Waals surface area contributed by atoms with Crippen LogP contribution in [-0.2, 0) is 11.1 Å². The highest BCUT2D eigenvalue weighted by Gasteiger charge is 2.30. The van der Waals surface area contributed by atoms with E-state index < -0.39 is 29.4 Å². The summed E-state index contributed by atoms with van der Waals surface area (Å²) in [4.78, 5) is 57.6. The molecule has 6 N–H and O–H groups in total. The topological polar surface area (TPSA) is 199 Å². The molecule has 3 rings (SSSR count). The number of nitrogens with zero attached hydrogens (tertiary/aromatic N) is 1. The number of aromatic nitrogens is 2. The van der Waals surface area contributed by atoms with Crippen LogP contribution >= 0.6 is 7.60 Å². The zero-order valence-corrected chi connectivity index (χ0v) is 15.4. The molecule has 3 aromatic rings. The number of nitrogens with one attached hydrogen (secondary N) is 3. The Morgan fingerprint density at radius 1 is 1.14 bits per heavy atom. The fraction of sp³-hybridized carbons (Fsp3) is 0.125. The molecule has 0 fully saturated rings. The molecular formula is C16H15N4O8P. The number of hydrogen-bond donors (Lipinski definition) is 6.